The number of nitrogens with one attached hydrogen (secondary N) is 2. The lowest BCUT2D eigenvalue weighted by Gasteiger charge is -2.31. The quantitative estimate of drug-likeness (QED) is 0.740. The molecule has 0 fully saturated rings. The van der Waals surface area contributed by atoms with Crippen LogP contribution in [0.4, 0.5) is 11.6 Å². The zero-order valence-electron chi connectivity index (χ0n) is 14.7. The highest BCUT2D eigenvalue weighted by Gasteiger charge is 2.29. The Balaban J connectivity index is 1.76. The number of amides is 1. The molecular formula is C17H18N8O. The third-order valence-electron chi connectivity index (χ3n) is 4.21. The van der Waals surface area contributed by atoms with E-state index in [1.165, 1.54) is 6.33 Å². The maximum Gasteiger partial charge on any atom is 0.247 e. The Morgan fingerprint density at radius 2 is 2.00 bits per heavy atom. The molecule has 4 heterocycles. The van der Waals surface area contributed by atoms with Crippen molar-refractivity contribution >= 4 is 17.5 Å². The lowest BCUT2D eigenvalue weighted by atomic mass is 10.1. The standard InChI is InChI=1S/C17H18N8O/c1-9(2)25-14(26)7-20-16-17(25)23-13(6-19-16)11-5-18-12(4-10(11)3)15-21-8-22-24-15/h4-6,8-9H,7H2,1-3H3,(H,19,20)(H,21,22,24). The van der Waals surface area contributed by atoms with Crippen molar-refractivity contribution in [2.24, 2.45) is 0 Å². The van der Waals surface area contributed by atoms with Crippen LogP contribution in [0.1, 0.15) is 19.4 Å². The molecule has 1 aliphatic rings. The molecule has 0 spiro atoms. The summed E-state index contributed by atoms with van der Waals surface area (Å²) >= 11 is 0. The minimum Gasteiger partial charge on any atom is -0.358 e. The fourth-order valence-electron chi connectivity index (χ4n) is 2.98. The molecule has 1 aliphatic heterocycles. The highest BCUT2D eigenvalue weighted by atomic mass is 16.2. The molecule has 132 valence electrons. The van der Waals surface area contributed by atoms with Crippen molar-refractivity contribution in [2.75, 3.05) is 16.8 Å². The van der Waals surface area contributed by atoms with Crippen LogP contribution in [0.15, 0.2) is 24.8 Å². The summed E-state index contributed by atoms with van der Waals surface area (Å²) in [6.07, 6.45) is 4.94. The number of aromatic amines is 1. The smallest absolute Gasteiger partial charge is 0.247 e. The van der Waals surface area contributed by atoms with Gasteiger partial charge in [0.25, 0.3) is 0 Å². The van der Waals surface area contributed by atoms with Crippen LogP contribution in [0.5, 0.6) is 0 Å². The molecule has 0 saturated carbocycles. The molecular weight excluding hydrogens is 332 g/mol. The molecule has 3 aromatic heterocycles. The Hall–Kier alpha value is -3.36. The van der Waals surface area contributed by atoms with Crippen LogP contribution in [0, 0.1) is 6.92 Å². The average Bonchev–Trinajstić information content (AvgIpc) is 3.15. The number of pyridine rings is 1. The number of hydrogen-bond donors (Lipinski definition) is 2. The molecule has 3 aromatic rings. The van der Waals surface area contributed by atoms with Gasteiger partial charge >= 0.3 is 0 Å². The van der Waals surface area contributed by atoms with E-state index in [1.807, 2.05) is 26.8 Å². The van der Waals surface area contributed by atoms with Crippen molar-refractivity contribution in [1.29, 1.82) is 0 Å². The van der Waals surface area contributed by atoms with E-state index in [0.717, 1.165) is 11.1 Å². The van der Waals surface area contributed by atoms with Gasteiger partial charge < -0.3 is 5.32 Å². The van der Waals surface area contributed by atoms with E-state index in [2.05, 4.69) is 30.5 Å². The second-order valence-electron chi connectivity index (χ2n) is 6.35. The number of nitrogens with zero attached hydrogens (tertiary/aromatic N) is 6. The first-order chi connectivity index (χ1) is 12.5. The lowest BCUT2D eigenvalue weighted by Crippen LogP contribution is -2.45. The monoisotopic (exact) mass is 350 g/mol. The molecule has 9 nitrogen and oxygen atoms in total. The molecule has 0 radical (unpaired) electrons. The Morgan fingerprint density at radius 3 is 2.69 bits per heavy atom. The van der Waals surface area contributed by atoms with Gasteiger partial charge in [0.1, 0.15) is 12.0 Å². The minimum atomic E-state index is -0.0197. The van der Waals surface area contributed by atoms with Crippen LogP contribution < -0.4 is 10.2 Å². The average molecular weight is 350 g/mol. The third-order valence-corrected chi connectivity index (χ3v) is 4.21. The number of rotatable bonds is 3. The van der Waals surface area contributed by atoms with E-state index >= 15 is 0 Å². The summed E-state index contributed by atoms with van der Waals surface area (Å²) in [5.74, 6) is 1.68. The summed E-state index contributed by atoms with van der Waals surface area (Å²) in [6, 6.07) is 1.91. The van der Waals surface area contributed by atoms with Crippen LogP contribution in [0.2, 0.25) is 0 Å². The summed E-state index contributed by atoms with van der Waals surface area (Å²) in [5.41, 5.74) is 3.16. The van der Waals surface area contributed by atoms with E-state index in [0.29, 0.717) is 28.8 Å². The summed E-state index contributed by atoms with van der Waals surface area (Å²) in [5, 5.41) is 9.74. The van der Waals surface area contributed by atoms with Crippen LogP contribution >= 0.6 is 0 Å². The molecule has 9 heteroatoms. The molecule has 0 aliphatic carbocycles. The van der Waals surface area contributed by atoms with Crippen molar-refractivity contribution in [2.45, 2.75) is 26.8 Å². The summed E-state index contributed by atoms with van der Waals surface area (Å²) in [7, 11) is 0. The van der Waals surface area contributed by atoms with Crippen LogP contribution in [-0.4, -0.2) is 48.6 Å². The van der Waals surface area contributed by atoms with Gasteiger partial charge in [0, 0.05) is 17.8 Å². The molecule has 0 unspecified atom stereocenters. The Labute approximate surface area is 149 Å². The molecule has 0 aromatic carbocycles. The van der Waals surface area contributed by atoms with E-state index in [1.54, 1.807) is 17.3 Å². The number of aromatic nitrogens is 6. The van der Waals surface area contributed by atoms with Crippen molar-refractivity contribution in [3.63, 3.8) is 0 Å². The highest BCUT2D eigenvalue weighted by molar-refractivity contribution is 6.01. The molecule has 1 amide bonds. The maximum absolute atomic E-state index is 12.3. The molecule has 0 atom stereocenters. The first-order valence-corrected chi connectivity index (χ1v) is 8.30. The van der Waals surface area contributed by atoms with Gasteiger partial charge in [-0.05, 0) is 32.4 Å². The number of anilines is 2. The zero-order chi connectivity index (χ0) is 18.3. The normalized spacial score (nSPS) is 13.7. The van der Waals surface area contributed by atoms with Gasteiger partial charge in [-0.2, -0.15) is 5.10 Å². The SMILES string of the molecule is Cc1cc(-c2nc[nH]n2)ncc1-c1cnc2c(n1)N(C(C)C)C(=O)CN2. The number of carbonyl (C=O) groups excluding carboxylic acids is 1. The van der Waals surface area contributed by atoms with Crippen molar-refractivity contribution < 1.29 is 4.79 Å². The number of fused-ring (bicyclic) bond motifs is 1. The Morgan fingerprint density at radius 1 is 1.15 bits per heavy atom. The summed E-state index contributed by atoms with van der Waals surface area (Å²) < 4.78 is 0. The zero-order valence-corrected chi connectivity index (χ0v) is 14.7. The van der Waals surface area contributed by atoms with Gasteiger partial charge in [-0.25, -0.2) is 15.0 Å². The predicted octanol–water partition coefficient (Wildman–Crippen LogP) is 1.80. The topological polar surface area (TPSA) is 113 Å². The van der Waals surface area contributed by atoms with E-state index in [9.17, 15) is 4.79 Å². The van der Waals surface area contributed by atoms with Crippen molar-refractivity contribution in [1.82, 2.24) is 30.1 Å². The van der Waals surface area contributed by atoms with Crippen molar-refractivity contribution in [3.05, 3.63) is 30.4 Å². The Kier molecular flexibility index (Phi) is 3.83. The predicted molar refractivity (Wildman–Crippen MR) is 96.5 cm³/mol. The van der Waals surface area contributed by atoms with Crippen molar-refractivity contribution in [3.8, 4) is 22.8 Å². The Bertz CT molecular complexity index is 967. The molecule has 0 bridgehead atoms. The van der Waals surface area contributed by atoms with E-state index < -0.39 is 0 Å². The van der Waals surface area contributed by atoms with Gasteiger partial charge in [0.05, 0.1) is 18.4 Å². The van der Waals surface area contributed by atoms with Crippen LogP contribution in [0.25, 0.3) is 22.8 Å². The molecule has 0 saturated heterocycles. The highest BCUT2D eigenvalue weighted by Crippen LogP contribution is 2.31. The fourth-order valence-corrected chi connectivity index (χ4v) is 2.98. The third kappa shape index (κ3) is 2.67. The number of carbonyl (C=O) groups is 1. The molecule has 4 rings (SSSR count). The largest absolute Gasteiger partial charge is 0.358 e. The van der Waals surface area contributed by atoms with Gasteiger partial charge in [0.15, 0.2) is 17.5 Å². The second kappa shape index (κ2) is 6.17. The summed E-state index contributed by atoms with van der Waals surface area (Å²) in [4.78, 5) is 31.6. The molecule has 26 heavy (non-hydrogen) atoms. The molecule has 2 N–H and O–H groups in total. The maximum atomic E-state index is 12.3. The van der Waals surface area contributed by atoms with Crippen LogP contribution in [0.3, 0.4) is 0 Å². The van der Waals surface area contributed by atoms with Gasteiger partial charge in [-0.15, -0.1) is 0 Å². The number of hydrogen-bond acceptors (Lipinski definition) is 7. The first-order valence-electron chi connectivity index (χ1n) is 8.30. The van der Waals surface area contributed by atoms with Gasteiger partial charge in [-0.3, -0.25) is 19.8 Å². The number of H-pyrrole nitrogens is 1. The first kappa shape index (κ1) is 16.1. The lowest BCUT2D eigenvalue weighted by molar-refractivity contribution is -0.117. The van der Waals surface area contributed by atoms with E-state index in [4.69, 9.17) is 4.98 Å². The summed E-state index contributed by atoms with van der Waals surface area (Å²) in [6.45, 7) is 6.11. The number of aryl methyl sites for hydroxylation is 1. The minimum absolute atomic E-state index is 0.000220. The van der Waals surface area contributed by atoms with Gasteiger partial charge in [-0.1, -0.05) is 0 Å². The second-order valence-corrected chi connectivity index (χ2v) is 6.35. The fraction of sp³-hybridized carbons (Fsp3) is 0.294. The van der Waals surface area contributed by atoms with E-state index in [-0.39, 0.29) is 18.5 Å². The van der Waals surface area contributed by atoms with Crippen LogP contribution in [-0.2, 0) is 4.79 Å². The van der Waals surface area contributed by atoms with Gasteiger partial charge in [0.2, 0.25) is 5.91 Å².